The Hall–Kier alpha value is -2.63. The van der Waals surface area contributed by atoms with Gasteiger partial charge < -0.3 is 10.1 Å². The predicted octanol–water partition coefficient (Wildman–Crippen LogP) is 4.46. The quantitative estimate of drug-likeness (QED) is 0.637. The van der Waals surface area contributed by atoms with E-state index in [1.54, 1.807) is 29.6 Å². The molecule has 26 heavy (non-hydrogen) atoms. The first-order chi connectivity index (χ1) is 12.6. The van der Waals surface area contributed by atoms with E-state index in [-0.39, 0.29) is 18.6 Å². The fourth-order valence-electron chi connectivity index (χ4n) is 2.46. The van der Waals surface area contributed by atoms with Gasteiger partial charge in [-0.05, 0) is 34.7 Å². The number of amides is 1. The summed E-state index contributed by atoms with van der Waals surface area (Å²) in [6.07, 6.45) is 0. The first-order valence-electron chi connectivity index (χ1n) is 7.94. The lowest BCUT2D eigenvalue weighted by atomic mass is 9.99. The molecule has 0 aliphatic rings. The van der Waals surface area contributed by atoms with Crippen LogP contribution in [0.4, 0.5) is 0 Å². The number of halogens is 1. The average Bonchev–Trinajstić information content (AvgIpc) is 3.21. The van der Waals surface area contributed by atoms with Gasteiger partial charge in [0.05, 0.1) is 6.04 Å². The molecule has 6 heteroatoms. The zero-order chi connectivity index (χ0) is 18.4. The fraction of sp³-hybridized carbons (Fsp3) is 0.100. The minimum Gasteiger partial charge on any atom is -0.451 e. The largest absolute Gasteiger partial charge is 0.451 e. The van der Waals surface area contributed by atoms with Crippen LogP contribution in [0.15, 0.2) is 72.1 Å². The van der Waals surface area contributed by atoms with E-state index < -0.39 is 5.97 Å². The molecule has 1 amide bonds. The molecule has 4 nitrogen and oxygen atoms in total. The number of rotatable bonds is 6. The van der Waals surface area contributed by atoms with E-state index in [1.807, 2.05) is 42.5 Å². The third-order valence-electron chi connectivity index (χ3n) is 3.70. The van der Waals surface area contributed by atoms with Crippen LogP contribution < -0.4 is 5.32 Å². The first kappa shape index (κ1) is 18.2. The van der Waals surface area contributed by atoms with Gasteiger partial charge in [0.15, 0.2) is 6.61 Å². The maximum Gasteiger partial charge on any atom is 0.348 e. The summed E-state index contributed by atoms with van der Waals surface area (Å²) in [5.41, 5.74) is 1.81. The minimum atomic E-state index is -0.502. The van der Waals surface area contributed by atoms with Crippen LogP contribution in [0.2, 0.25) is 5.02 Å². The van der Waals surface area contributed by atoms with Crippen molar-refractivity contribution in [3.05, 3.63) is 93.1 Å². The molecule has 1 aromatic heterocycles. The number of benzene rings is 2. The second kappa shape index (κ2) is 8.65. The van der Waals surface area contributed by atoms with Crippen molar-refractivity contribution in [2.24, 2.45) is 0 Å². The number of thiophene rings is 1. The van der Waals surface area contributed by atoms with Crippen LogP contribution >= 0.6 is 22.9 Å². The Morgan fingerprint density at radius 2 is 1.65 bits per heavy atom. The highest BCUT2D eigenvalue weighted by atomic mass is 35.5. The Morgan fingerprint density at radius 1 is 0.962 bits per heavy atom. The van der Waals surface area contributed by atoms with Crippen molar-refractivity contribution in [3.8, 4) is 0 Å². The van der Waals surface area contributed by atoms with Gasteiger partial charge in [0.25, 0.3) is 5.91 Å². The van der Waals surface area contributed by atoms with Crippen molar-refractivity contribution in [1.29, 1.82) is 0 Å². The lowest BCUT2D eigenvalue weighted by molar-refractivity contribution is -0.124. The van der Waals surface area contributed by atoms with Gasteiger partial charge in [-0.15, -0.1) is 11.3 Å². The van der Waals surface area contributed by atoms with Crippen LogP contribution in [0.1, 0.15) is 26.8 Å². The van der Waals surface area contributed by atoms with E-state index in [0.29, 0.717) is 9.90 Å². The SMILES string of the molecule is O=C(COC(=O)c1cccs1)NC(c1ccccc1)c1ccc(Cl)cc1. The second-order valence-corrected chi connectivity index (χ2v) is 6.90. The average molecular weight is 386 g/mol. The molecule has 3 rings (SSSR count). The smallest absolute Gasteiger partial charge is 0.348 e. The number of ether oxygens (including phenoxy) is 1. The summed E-state index contributed by atoms with van der Waals surface area (Å²) in [5.74, 6) is -0.878. The third kappa shape index (κ3) is 4.71. The zero-order valence-electron chi connectivity index (χ0n) is 13.7. The minimum absolute atomic E-state index is 0.340. The summed E-state index contributed by atoms with van der Waals surface area (Å²) in [6, 6.07) is 19.9. The number of nitrogens with one attached hydrogen (secondary N) is 1. The number of hydrogen-bond acceptors (Lipinski definition) is 4. The summed E-state index contributed by atoms with van der Waals surface area (Å²) in [5, 5.41) is 5.32. The maximum absolute atomic E-state index is 12.3. The molecule has 0 radical (unpaired) electrons. The monoisotopic (exact) mass is 385 g/mol. The molecule has 0 fully saturated rings. The molecule has 0 spiro atoms. The number of carbonyl (C=O) groups excluding carboxylic acids is 2. The Labute approximate surface area is 160 Å². The highest BCUT2D eigenvalue weighted by molar-refractivity contribution is 7.11. The molecule has 132 valence electrons. The van der Waals surface area contributed by atoms with Gasteiger partial charge in [0.2, 0.25) is 0 Å². The van der Waals surface area contributed by atoms with Crippen molar-refractivity contribution in [1.82, 2.24) is 5.32 Å². The van der Waals surface area contributed by atoms with Crippen LogP contribution in [0.25, 0.3) is 0 Å². The molecule has 2 aromatic carbocycles. The summed E-state index contributed by atoms with van der Waals surface area (Å²) < 4.78 is 5.08. The summed E-state index contributed by atoms with van der Waals surface area (Å²) in [7, 11) is 0. The fourth-order valence-corrected chi connectivity index (χ4v) is 3.20. The molecule has 3 aromatic rings. The van der Waals surface area contributed by atoms with E-state index in [0.717, 1.165) is 11.1 Å². The van der Waals surface area contributed by atoms with Crippen LogP contribution in [0.3, 0.4) is 0 Å². The Balaban J connectivity index is 1.70. The van der Waals surface area contributed by atoms with Gasteiger partial charge in [0.1, 0.15) is 4.88 Å². The predicted molar refractivity (Wildman–Crippen MR) is 102 cm³/mol. The first-order valence-corrected chi connectivity index (χ1v) is 9.19. The van der Waals surface area contributed by atoms with E-state index in [2.05, 4.69) is 5.32 Å². The van der Waals surface area contributed by atoms with Gasteiger partial charge in [0, 0.05) is 5.02 Å². The summed E-state index contributed by atoms with van der Waals surface area (Å²) in [6.45, 7) is -0.340. The molecular formula is C20H16ClNO3S. The highest BCUT2D eigenvalue weighted by Crippen LogP contribution is 2.23. The molecule has 1 N–H and O–H groups in total. The van der Waals surface area contributed by atoms with Crippen LogP contribution in [-0.4, -0.2) is 18.5 Å². The molecule has 0 saturated heterocycles. The van der Waals surface area contributed by atoms with Gasteiger partial charge in [-0.25, -0.2) is 4.79 Å². The van der Waals surface area contributed by atoms with Crippen LogP contribution in [-0.2, 0) is 9.53 Å². The lowest BCUT2D eigenvalue weighted by Gasteiger charge is -2.20. The molecule has 1 heterocycles. The molecule has 0 bridgehead atoms. The van der Waals surface area contributed by atoms with Crippen molar-refractivity contribution in [2.45, 2.75) is 6.04 Å². The van der Waals surface area contributed by atoms with Crippen LogP contribution in [0.5, 0.6) is 0 Å². The summed E-state index contributed by atoms with van der Waals surface area (Å²) in [4.78, 5) is 24.7. The third-order valence-corrected chi connectivity index (χ3v) is 4.80. The standard InChI is InChI=1S/C20H16ClNO3S/c21-16-10-8-15(9-11-16)19(14-5-2-1-3-6-14)22-18(23)13-25-20(24)17-7-4-12-26-17/h1-12,19H,13H2,(H,22,23). The van der Waals surface area contributed by atoms with E-state index >= 15 is 0 Å². The normalized spacial score (nSPS) is 11.6. The van der Waals surface area contributed by atoms with Crippen LogP contribution in [0, 0.1) is 0 Å². The number of esters is 1. The van der Waals surface area contributed by atoms with Crippen molar-refractivity contribution in [2.75, 3.05) is 6.61 Å². The lowest BCUT2D eigenvalue weighted by Crippen LogP contribution is -2.33. The van der Waals surface area contributed by atoms with Gasteiger partial charge in [-0.2, -0.15) is 0 Å². The van der Waals surface area contributed by atoms with E-state index in [1.165, 1.54) is 11.3 Å². The molecule has 0 aliphatic carbocycles. The Kier molecular flexibility index (Phi) is 6.04. The molecule has 1 unspecified atom stereocenters. The van der Waals surface area contributed by atoms with Gasteiger partial charge in [-0.3, -0.25) is 4.79 Å². The highest BCUT2D eigenvalue weighted by Gasteiger charge is 2.18. The second-order valence-electron chi connectivity index (χ2n) is 5.52. The van der Waals surface area contributed by atoms with E-state index in [4.69, 9.17) is 16.3 Å². The van der Waals surface area contributed by atoms with Crippen molar-refractivity contribution >= 4 is 34.8 Å². The van der Waals surface area contributed by atoms with Crippen molar-refractivity contribution < 1.29 is 14.3 Å². The van der Waals surface area contributed by atoms with Gasteiger partial charge >= 0.3 is 5.97 Å². The topological polar surface area (TPSA) is 55.4 Å². The Bertz CT molecular complexity index is 864. The number of hydrogen-bond donors (Lipinski definition) is 1. The molecule has 1 atom stereocenters. The Morgan fingerprint density at radius 3 is 2.31 bits per heavy atom. The van der Waals surface area contributed by atoms with E-state index in [9.17, 15) is 9.59 Å². The summed E-state index contributed by atoms with van der Waals surface area (Å²) >= 11 is 7.23. The molecule has 0 saturated carbocycles. The van der Waals surface area contributed by atoms with Crippen molar-refractivity contribution in [3.63, 3.8) is 0 Å². The maximum atomic E-state index is 12.3. The number of carbonyl (C=O) groups is 2. The van der Waals surface area contributed by atoms with Gasteiger partial charge in [-0.1, -0.05) is 60.1 Å². The molecular weight excluding hydrogens is 370 g/mol. The zero-order valence-corrected chi connectivity index (χ0v) is 15.3. The molecule has 0 aliphatic heterocycles.